The van der Waals surface area contributed by atoms with Gasteiger partial charge in [-0.15, -0.1) is 11.3 Å². The molecule has 4 heterocycles. The average Bonchev–Trinajstić information content (AvgIpc) is 3.12. The second-order valence-electron chi connectivity index (χ2n) is 6.95. The normalized spacial score (nSPS) is 25.2. The maximum absolute atomic E-state index is 12.6. The lowest BCUT2D eigenvalue weighted by atomic mass is 9.84. The second kappa shape index (κ2) is 6.77. The molecule has 3 N–H and O–H groups in total. The predicted octanol–water partition coefficient (Wildman–Crippen LogP) is 1.89. The molecule has 0 saturated carbocycles. The molecule has 3 saturated heterocycles. The smallest absolute Gasteiger partial charge is 0.261 e. The van der Waals surface area contributed by atoms with Gasteiger partial charge in [-0.25, -0.2) is 13.6 Å². The highest BCUT2D eigenvalue weighted by atomic mass is 32.2. The third kappa shape index (κ3) is 3.55. The first-order valence-electron chi connectivity index (χ1n) is 8.66. The number of primary sulfonamides is 1. The molecule has 2 aromatic rings. The Bertz CT molecular complexity index is 931. The monoisotopic (exact) mass is 391 g/mol. The van der Waals surface area contributed by atoms with Gasteiger partial charge in [-0.3, -0.25) is 4.79 Å². The van der Waals surface area contributed by atoms with Gasteiger partial charge in [0, 0.05) is 17.5 Å². The van der Waals surface area contributed by atoms with E-state index < -0.39 is 10.0 Å². The number of hydrogen-bond donors (Lipinski definition) is 2. The van der Waals surface area contributed by atoms with E-state index in [0.717, 1.165) is 42.9 Å². The van der Waals surface area contributed by atoms with Crippen molar-refractivity contribution < 1.29 is 13.2 Å². The summed E-state index contributed by atoms with van der Waals surface area (Å²) >= 11 is 1.36. The van der Waals surface area contributed by atoms with E-state index in [1.807, 2.05) is 12.1 Å². The van der Waals surface area contributed by atoms with Crippen molar-refractivity contribution in [1.82, 2.24) is 10.2 Å². The van der Waals surface area contributed by atoms with Crippen LogP contribution in [0.25, 0.3) is 10.4 Å². The first-order chi connectivity index (χ1) is 12.4. The Morgan fingerprint density at radius 3 is 2.62 bits per heavy atom. The van der Waals surface area contributed by atoms with Crippen LogP contribution in [0, 0.1) is 5.92 Å². The van der Waals surface area contributed by atoms with E-state index in [9.17, 15) is 13.2 Å². The number of nitrogens with two attached hydrogens (primary N) is 1. The minimum absolute atomic E-state index is 0.0531. The van der Waals surface area contributed by atoms with Crippen molar-refractivity contribution in [2.75, 3.05) is 19.6 Å². The Morgan fingerprint density at radius 2 is 1.96 bits per heavy atom. The highest BCUT2D eigenvalue weighted by molar-refractivity contribution is 7.89. The van der Waals surface area contributed by atoms with Crippen molar-refractivity contribution in [2.24, 2.45) is 11.1 Å². The Hall–Kier alpha value is -1.74. The third-order valence-corrected chi connectivity index (χ3v) is 7.29. The van der Waals surface area contributed by atoms with Crippen molar-refractivity contribution >= 4 is 27.3 Å². The van der Waals surface area contributed by atoms with E-state index in [1.165, 1.54) is 23.5 Å². The highest BCUT2D eigenvalue weighted by Gasteiger charge is 2.35. The maximum atomic E-state index is 12.6. The zero-order valence-electron chi connectivity index (χ0n) is 14.2. The quantitative estimate of drug-likeness (QED) is 0.832. The van der Waals surface area contributed by atoms with Crippen molar-refractivity contribution in [2.45, 2.75) is 23.8 Å². The van der Waals surface area contributed by atoms with Gasteiger partial charge in [-0.2, -0.15) is 0 Å². The molecule has 1 aromatic carbocycles. The molecule has 2 bridgehead atoms. The number of benzene rings is 1. The summed E-state index contributed by atoms with van der Waals surface area (Å²) in [5, 5.41) is 8.38. The number of sulfonamides is 1. The molecular formula is C18H21N3O3S2. The third-order valence-electron chi connectivity index (χ3n) is 5.25. The number of piperidine rings is 3. The Labute approximate surface area is 157 Å². The van der Waals surface area contributed by atoms with Crippen LogP contribution in [0.3, 0.4) is 0 Å². The molecule has 8 heteroatoms. The lowest BCUT2D eigenvalue weighted by molar-refractivity contribution is 0.0622. The van der Waals surface area contributed by atoms with Crippen molar-refractivity contribution in [3.63, 3.8) is 0 Å². The number of thiophene rings is 1. The molecular weight excluding hydrogens is 370 g/mol. The number of amides is 1. The molecule has 1 amide bonds. The Morgan fingerprint density at radius 1 is 1.19 bits per heavy atom. The summed E-state index contributed by atoms with van der Waals surface area (Å²) in [5.41, 5.74) is 0.739. The Kier molecular flexibility index (Phi) is 4.60. The van der Waals surface area contributed by atoms with E-state index >= 15 is 0 Å². The van der Waals surface area contributed by atoms with E-state index in [-0.39, 0.29) is 16.8 Å². The first kappa shape index (κ1) is 17.7. The van der Waals surface area contributed by atoms with Crippen LogP contribution in [0.2, 0.25) is 0 Å². The highest BCUT2D eigenvalue weighted by Crippen LogP contribution is 2.31. The lowest BCUT2D eigenvalue weighted by Crippen LogP contribution is -2.57. The predicted molar refractivity (Wildman–Crippen MR) is 102 cm³/mol. The molecule has 0 radical (unpaired) electrons. The molecule has 1 unspecified atom stereocenters. The standard InChI is InChI=1S/C18H21N3O3S2/c19-26(23,24)14-3-1-2-13(10-14)16-4-5-17(25-16)18(22)20-15-11-21-8-6-12(15)7-9-21/h1-5,10,12,15H,6-9,11H2,(H,20,22)(H2,19,23,24). The molecule has 26 heavy (non-hydrogen) atoms. The van der Waals surface area contributed by atoms with Gasteiger partial charge < -0.3 is 10.2 Å². The van der Waals surface area contributed by atoms with Crippen LogP contribution in [-0.2, 0) is 10.0 Å². The van der Waals surface area contributed by atoms with Crippen LogP contribution in [0.5, 0.6) is 0 Å². The second-order valence-corrected chi connectivity index (χ2v) is 9.60. The summed E-state index contributed by atoms with van der Waals surface area (Å²) in [6.07, 6.45) is 2.31. The fourth-order valence-electron chi connectivity index (χ4n) is 3.81. The zero-order valence-corrected chi connectivity index (χ0v) is 15.9. The van der Waals surface area contributed by atoms with E-state index in [4.69, 9.17) is 5.14 Å². The first-order valence-corrected chi connectivity index (χ1v) is 11.0. The molecule has 3 fully saturated rings. The van der Waals surface area contributed by atoms with Crippen LogP contribution in [0.15, 0.2) is 41.3 Å². The van der Waals surface area contributed by atoms with Crippen LogP contribution in [0.4, 0.5) is 0 Å². The SMILES string of the molecule is NS(=O)(=O)c1cccc(-c2ccc(C(=O)NC3CN4CCC3CC4)s2)c1. The summed E-state index contributed by atoms with van der Waals surface area (Å²) in [6, 6.07) is 10.3. The number of carbonyl (C=O) groups is 1. The van der Waals surface area contributed by atoms with E-state index in [2.05, 4.69) is 10.2 Å². The van der Waals surface area contributed by atoms with Crippen LogP contribution in [0.1, 0.15) is 22.5 Å². The van der Waals surface area contributed by atoms with Gasteiger partial charge in [0.1, 0.15) is 0 Å². The zero-order chi connectivity index (χ0) is 18.3. The largest absolute Gasteiger partial charge is 0.347 e. The average molecular weight is 392 g/mol. The van der Waals surface area contributed by atoms with Crippen molar-refractivity contribution in [3.05, 3.63) is 41.3 Å². The van der Waals surface area contributed by atoms with Gasteiger partial charge in [-0.1, -0.05) is 12.1 Å². The van der Waals surface area contributed by atoms with Crippen LogP contribution >= 0.6 is 11.3 Å². The number of hydrogen-bond acceptors (Lipinski definition) is 5. The number of carbonyl (C=O) groups excluding carboxylic acids is 1. The van der Waals surface area contributed by atoms with Gasteiger partial charge in [0.15, 0.2) is 0 Å². The molecule has 0 spiro atoms. The molecule has 1 atom stereocenters. The molecule has 5 rings (SSSR count). The molecule has 3 aliphatic heterocycles. The van der Waals surface area contributed by atoms with Gasteiger partial charge in [0.25, 0.3) is 5.91 Å². The van der Waals surface area contributed by atoms with Crippen molar-refractivity contribution in [3.8, 4) is 10.4 Å². The number of rotatable bonds is 4. The molecule has 3 aliphatic rings. The minimum atomic E-state index is -3.75. The Balaban J connectivity index is 1.50. The topological polar surface area (TPSA) is 92.5 Å². The van der Waals surface area contributed by atoms with Gasteiger partial charge in [-0.05, 0) is 61.7 Å². The molecule has 6 nitrogen and oxygen atoms in total. The van der Waals surface area contributed by atoms with Crippen molar-refractivity contribution in [1.29, 1.82) is 0 Å². The summed E-state index contributed by atoms with van der Waals surface area (Å²) in [6.45, 7) is 3.21. The maximum Gasteiger partial charge on any atom is 0.261 e. The number of fused-ring (bicyclic) bond motifs is 3. The van der Waals surface area contributed by atoms with Gasteiger partial charge in [0.05, 0.1) is 9.77 Å². The minimum Gasteiger partial charge on any atom is -0.347 e. The van der Waals surface area contributed by atoms with Gasteiger partial charge in [0.2, 0.25) is 10.0 Å². The van der Waals surface area contributed by atoms with Crippen LogP contribution in [-0.4, -0.2) is 44.9 Å². The molecule has 0 aliphatic carbocycles. The fraction of sp³-hybridized carbons (Fsp3) is 0.389. The van der Waals surface area contributed by atoms with E-state index in [1.54, 1.807) is 12.1 Å². The summed E-state index contributed by atoms with van der Waals surface area (Å²) in [5.74, 6) is 0.525. The van der Waals surface area contributed by atoms with E-state index in [0.29, 0.717) is 10.8 Å². The summed E-state index contributed by atoms with van der Waals surface area (Å²) < 4.78 is 23.1. The fourth-order valence-corrected chi connectivity index (χ4v) is 5.27. The molecule has 138 valence electrons. The summed E-state index contributed by atoms with van der Waals surface area (Å²) in [4.78, 5) is 16.6. The summed E-state index contributed by atoms with van der Waals surface area (Å²) in [7, 11) is -3.75. The lowest BCUT2D eigenvalue weighted by Gasteiger charge is -2.44. The number of nitrogens with one attached hydrogen (secondary N) is 1. The molecule has 1 aromatic heterocycles. The van der Waals surface area contributed by atoms with Gasteiger partial charge >= 0.3 is 0 Å². The van der Waals surface area contributed by atoms with Crippen LogP contribution < -0.4 is 10.5 Å². The number of nitrogens with zero attached hydrogens (tertiary/aromatic N) is 1.